The van der Waals surface area contributed by atoms with Gasteiger partial charge in [0.2, 0.25) is 5.91 Å². The van der Waals surface area contributed by atoms with Crippen molar-refractivity contribution in [1.29, 1.82) is 0 Å². The summed E-state index contributed by atoms with van der Waals surface area (Å²) in [4.78, 5) is 17.4. The fourth-order valence-electron chi connectivity index (χ4n) is 4.76. The van der Waals surface area contributed by atoms with Gasteiger partial charge in [-0.3, -0.25) is 14.6 Å². The quantitative estimate of drug-likeness (QED) is 0.750. The lowest BCUT2D eigenvalue weighted by molar-refractivity contribution is -0.117. The maximum atomic E-state index is 12.8. The summed E-state index contributed by atoms with van der Waals surface area (Å²) in [5, 5.41) is 3.06. The predicted molar refractivity (Wildman–Crippen MR) is 122 cm³/mol. The Bertz CT molecular complexity index is 927. The number of amides is 1. The largest absolute Gasteiger partial charge is 0.486 e. The molecule has 0 bridgehead atoms. The molecule has 2 aromatic rings. The van der Waals surface area contributed by atoms with Crippen LogP contribution in [0.25, 0.3) is 0 Å². The summed E-state index contributed by atoms with van der Waals surface area (Å²) in [6, 6.07) is 14.6. The summed E-state index contributed by atoms with van der Waals surface area (Å²) in [5.41, 5.74) is 3.28. The number of fused-ring (bicyclic) bond motifs is 1. The highest BCUT2D eigenvalue weighted by molar-refractivity contribution is 5.92. The minimum absolute atomic E-state index is 0.0235. The van der Waals surface area contributed by atoms with Gasteiger partial charge in [-0.1, -0.05) is 18.2 Å². The van der Waals surface area contributed by atoms with Gasteiger partial charge in [0, 0.05) is 31.4 Å². The number of carbonyl (C=O) groups is 1. The number of carbonyl (C=O) groups excluding carboxylic acids is 1. The van der Waals surface area contributed by atoms with E-state index in [9.17, 15) is 4.79 Å². The van der Waals surface area contributed by atoms with Crippen LogP contribution in [0.1, 0.15) is 30.0 Å². The highest BCUT2D eigenvalue weighted by Gasteiger charge is 2.28. The lowest BCUT2D eigenvalue weighted by Crippen LogP contribution is -2.35. The minimum Gasteiger partial charge on any atom is -0.486 e. The Kier molecular flexibility index (Phi) is 6.57. The van der Waals surface area contributed by atoms with Crippen LogP contribution in [0.2, 0.25) is 0 Å². The smallest absolute Gasteiger partial charge is 0.238 e. The molecule has 1 N–H and O–H groups in total. The van der Waals surface area contributed by atoms with Crippen LogP contribution in [0.3, 0.4) is 0 Å². The van der Waals surface area contributed by atoms with Crippen LogP contribution in [-0.2, 0) is 16.1 Å². The number of hydrogen-bond donors (Lipinski definition) is 1. The maximum Gasteiger partial charge on any atom is 0.238 e. The van der Waals surface area contributed by atoms with Crippen LogP contribution in [-0.4, -0.2) is 68.3 Å². The van der Waals surface area contributed by atoms with Gasteiger partial charge in [-0.25, -0.2) is 0 Å². The van der Waals surface area contributed by atoms with Crippen molar-refractivity contribution in [1.82, 2.24) is 9.80 Å². The summed E-state index contributed by atoms with van der Waals surface area (Å²) in [6.07, 6.45) is 2.13. The van der Waals surface area contributed by atoms with E-state index < -0.39 is 0 Å². The van der Waals surface area contributed by atoms with E-state index in [1.807, 2.05) is 18.2 Å². The Morgan fingerprint density at radius 3 is 2.53 bits per heavy atom. The number of nitrogens with one attached hydrogen (secondary N) is 1. The maximum absolute atomic E-state index is 12.8. The molecule has 3 aliphatic rings. The number of hydrogen-bond acceptors (Lipinski definition) is 6. The molecule has 5 rings (SSSR count). The third-order valence-corrected chi connectivity index (χ3v) is 6.41. The van der Waals surface area contributed by atoms with Gasteiger partial charge in [0.25, 0.3) is 0 Å². The molecule has 170 valence electrons. The SMILES string of the molecule is O=C(CN1CCC[C@H]1c1ccc2c(c1)OCCO2)Nc1ccc(CN2CCOCC2)cc1. The number of anilines is 1. The lowest BCUT2D eigenvalue weighted by atomic mass is 10.0. The fraction of sp³-hybridized carbons (Fsp3) is 0.480. The molecular formula is C25H31N3O4. The van der Waals surface area contributed by atoms with E-state index in [1.165, 1.54) is 11.1 Å². The molecule has 1 atom stereocenters. The van der Waals surface area contributed by atoms with Crippen LogP contribution in [0, 0.1) is 0 Å². The average molecular weight is 438 g/mol. The molecule has 3 heterocycles. The highest BCUT2D eigenvalue weighted by atomic mass is 16.6. The third-order valence-electron chi connectivity index (χ3n) is 6.41. The Morgan fingerprint density at radius 1 is 0.938 bits per heavy atom. The summed E-state index contributed by atoms with van der Waals surface area (Å²) < 4.78 is 16.8. The number of benzene rings is 2. The summed E-state index contributed by atoms with van der Waals surface area (Å²) >= 11 is 0. The van der Waals surface area contributed by atoms with Gasteiger partial charge < -0.3 is 19.5 Å². The fourth-order valence-corrected chi connectivity index (χ4v) is 4.76. The van der Waals surface area contributed by atoms with E-state index in [-0.39, 0.29) is 11.9 Å². The molecule has 2 aromatic carbocycles. The molecule has 0 aromatic heterocycles. The zero-order chi connectivity index (χ0) is 21.8. The van der Waals surface area contributed by atoms with E-state index in [2.05, 4.69) is 39.4 Å². The molecule has 7 nitrogen and oxygen atoms in total. The zero-order valence-electron chi connectivity index (χ0n) is 18.4. The van der Waals surface area contributed by atoms with Crippen molar-refractivity contribution in [3.05, 3.63) is 53.6 Å². The van der Waals surface area contributed by atoms with E-state index in [4.69, 9.17) is 14.2 Å². The average Bonchev–Trinajstić information content (AvgIpc) is 3.28. The number of morpholine rings is 1. The van der Waals surface area contributed by atoms with Gasteiger partial charge >= 0.3 is 0 Å². The first-order valence-electron chi connectivity index (χ1n) is 11.6. The Hall–Kier alpha value is -2.61. The number of rotatable bonds is 6. The zero-order valence-corrected chi connectivity index (χ0v) is 18.4. The van der Waals surface area contributed by atoms with E-state index in [1.54, 1.807) is 0 Å². The van der Waals surface area contributed by atoms with Crippen LogP contribution < -0.4 is 14.8 Å². The molecule has 32 heavy (non-hydrogen) atoms. The number of ether oxygens (including phenoxy) is 3. The summed E-state index contributed by atoms with van der Waals surface area (Å²) in [6.45, 7) is 6.95. The molecule has 7 heteroatoms. The van der Waals surface area contributed by atoms with Crippen molar-refractivity contribution in [2.75, 3.05) is 57.9 Å². The molecule has 1 amide bonds. The molecule has 2 saturated heterocycles. The topological polar surface area (TPSA) is 63.3 Å². The van der Waals surface area contributed by atoms with Gasteiger partial charge in [0.05, 0.1) is 19.8 Å². The van der Waals surface area contributed by atoms with Crippen molar-refractivity contribution in [2.45, 2.75) is 25.4 Å². The highest BCUT2D eigenvalue weighted by Crippen LogP contribution is 2.37. The first-order chi connectivity index (χ1) is 15.7. The van der Waals surface area contributed by atoms with Gasteiger partial charge in [0.15, 0.2) is 11.5 Å². The number of nitrogens with zero attached hydrogens (tertiary/aromatic N) is 2. The molecule has 0 radical (unpaired) electrons. The van der Waals surface area contributed by atoms with Crippen molar-refractivity contribution in [3.63, 3.8) is 0 Å². The monoisotopic (exact) mass is 437 g/mol. The van der Waals surface area contributed by atoms with E-state index >= 15 is 0 Å². The summed E-state index contributed by atoms with van der Waals surface area (Å²) in [7, 11) is 0. The van der Waals surface area contributed by atoms with Crippen molar-refractivity contribution in [3.8, 4) is 11.5 Å². The molecule has 0 saturated carbocycles. The standard InChI is InChI=1S/C25H31N3O4/c29-25(26-21-6-3-19(4-7-21)17-27-10-12-30-13-11-27)18-28-9-1-2-22(28)20-5-8-23-24(16-20)32-15-14-31-23/h3-8,16,22H,1-2,9-15,17-18H2,(H,26,29)/t22-/m0/s1. The molecule has 2 fully saturated rings. The van der Waals surface area contributed by atoms with Crippen LogP contribution in [0.15, 0.2) is 42.5 Å². The molecule has 0 spiro atoms. The second-order valence-corrected chi connectivity index (χ2v) is 8.67. The first kappa shape index (κ1) is 21.2. The minimum atomic E-state index is 0.0235. The Morgan fingerprint density at radius 2 is 1.72 bits per heavy atom. The van der Waals surface area contributed by atoms with Crippen LogP contribution in [0.4, 0.5) is 5.69 Å². The second-order valence-electron chi connectivity index (χ2n) is 8.67. The lowest BCUT2D eigenvalue weighted by Gasteiger charge is -2.26. The molecular weight excluding hydrogens is 406 g/mol. The predicted octanol–water partition coefficient (Wildman–Crippen LogP) is 3.07. The van der Waals surface area contributed by atoms with Gasteiger partial charge in [0.1, 0.15) is 13.2 Å². The van der Waals surface area contributed by atoms with Crippen molar-refractivity contribution >= 4 is 11.6 Å². The molecule has 0 unspecified atom stereocenters. The molecule has 3 aliphatic heterocycles. The first-order valence-corrected chi connectivity index (χ1v) is 11.6. The number of likely N-dealkylation sites (tertiary alicyclic amines) is 1. The van der Waals surface area contributed by atoms with Gasteiger partial charge in [-0.15, -0.1) is 0 Å². The Labute approximate surface area is 189 Å². The third kappa shape index (κ3) is 5.06. The van der Waals surface area contributed by atoms with Gasteiger partial charge in [-0.05, 0) is 54.8 Å². The van der Waals surface area contributed by atoms with Gasteiger partial charge in [-0.2, -0.15) is 0 Å². The molecule has 0 aliphatic carbocycles. The van der Waals surface area contributed by atoms with E-state index in [0.29, 0.717) is 19.8 Å². The van der Waals surface area contributed by atoms with Crippen molar-refractivity contribution in [2.24, 2.45) is 0 Å². The van der Waals surface area contributed by atoms with E-state index in [0.717, 1.165) is 69.4 Å². The van der Waals surface area contributed by atoms with Crippen LogP contribution >= 0.6 is 0 Å². The van der Waals surface area contributed by atoms with Crippen molar-refractivity contribution < 1.29 is 19.0 Å². The normalized spacial score (nSPS) is 21.4. The van der Waals surface area contributed by atoms with Crippen LogP contribution in [0.5, 0.6) is 11.5 Å². The second kappa shape index (κ2) is 9.90. The summed E-state index contributed by atoms with van der Waals surface area (Å²) in [5.74, 6) is 1.64. The Balaban J connectivity index is 1.16.